The number of aromatic carboxylic acids is 1. The number of nitrogens with zero attached hydrogens (tertiary/aromatic N) is 2. The molecule has 0 atom stereocenters. The van der Waals surface area contributed by atoms with Crippen molar-refractivity contribution >= 4 is 33.4 Å². The van der Waals surface area contributed by atoms with Crippen molar-refractivity contribution in [2.75, 3.05) is 0 Å². The lowest BCUT2D eigenvalue weighted by atomic mass is 10.1. The average Bonchev–Trinajstić information content (AvgIpc) is 3.25. The number of oxazole rings is 1. The van der Waals surface area contributed by atoms with Gasteiger partial charge in [-0.05, 0) is 25.0 Å². The molecule has 0 radical (unpaired) electrons. The van der Waals surface area contributed by atoms with Crippen molar-refractivity contribution in [1.82, 2.24) is 14.4 Å². The van der Waals surface area contributed by atoms with Crippen LogP contribution in [0.3, 0.4) is 0 Å². The van der Waals surface area contributed by atoms with E-state index in [1.807, 2.05) is 24.3 Å². The molecule has 0 saturated carbocycles. The van der Waals surface area contributed by atoms with E-state index in [1.165, 1.54) is 11.3 Å². The topological polar surface area (TPSA) is 101 Å². The first-order chi connectivity index (χ1) is 12.5. The summed E-state index contributed by atoms with van der Waals surface area (Å²) in [7, 11) is 0. The highest BCUT2D eigenvalue weighted by molar-refractivity contribution is 7.19. The number of carboxylic acid groups (broad SMARTS) is 1. The predicted octanol–water partition coefficient (Wildman–Crippen LogP) is 3.71. The Bertz CT molecular complexity index is 1190. The zero-order valence-electron chi connectivity index (χ0n) is 14.3. The van der Waals surface area contributed by atoms with Gasteiger partial charge in [0.25, 0.3) is 0 Å². The lowest BCUT2D eigenvalue weighted by molar-refractivity contribution is 0.0700. The molecule has 3 aromatic heterocycles. The monoisotopic (exact) mass is 371 g/mol. The molecule has 0 aliphatic carbocycles. The Labute approximate surface area is 151 Å². The second kappa shape index (κ2) is 6.14. The zero-order valence-corrected chi connectivity index (χ0v) is 15.1. The van der Waals surface area contributed by atoms with E-state index in [4.69, 9.17) is 9.40 Å². The molecule has 0 unspecified atom stereocenters. The lowest BCUT2D eigenvalue weighted by Crippen LogP contribution is -2.04. The first-order valence-corrected chi connectivity index (χ1v) is 9.24. The van der Waals surface area contributed by atoms with E-state index >= 15 is 0 Å². The van der Waals surface area contributed by atoms with E-state index in [0.29, 0.717) is 33.8 Å². The molecule has 4 aromatic rings. The zero-order chi connectivity index (χ0) is 18.4. The molecule has 7 nitrogen and oxygen atoms in total. The number of fused-ring (bicyclic) bond motifs is 2. The Hall–Kier alpha value is -2.87. The number of carboxylic acids is 1. The van der Waals surface area contributed by atoms with Crippen molar-refractivity contribution in [3.8, 4) is 11.3 Å². The number of thiazole rings is 1. The van der Waals surface area contributed by atoms with Gasteiger partial charge >= 0.3 is 11.7 Å². The second-order valence-electron chi connectivity index (χ2n) is 6.04. The number of imidazole rings is 1. The van der Waals surface area contributed by atoms with E-state index in [-0.39, 0.29) is 0 Å². The highest BCUT2D eigenvalue weighted by atomic mass is 32.1. The van der Waals surface area contributed by atoms with Crippen LogP contribution in [0.2, 0.25) is 0 Å². The van der Waals surface area contributed by atoms with Gasteiger partial charge in [-0.1, -0.05) is 37.7 Å². The van der Waals surface area contributed by atoms with Gasteiger partial charge < -0.3 is 9.52 Å². The normalized spacial score (nSPS) is 11.6. The standard InChI is InChI=1S/C18H17N3O4S/c1-3-5-12-15(16(22)23)26-17-20-14(11(4-2)21(12)17)9-6-7-10-13(8-9)25-18(24)19-10/h6-8H,3-5H2,1-2H3,(H,19,24)(H,22,23). The second-order valence-corrected chi connectivity index (χ2v) is 7.01. The fourth-order valence-electron chi connectivity index (χ4n) is 3.31. The van der Waals surface area contributed by atoms with E-state index in [2.05, 4.69) is 4.98 Å². The van der Waals surface area contributed by atoms with Crippen LogP contribution in [0.5, 0.6) is 0 Å². The third-order valence-corrected chi connectivity index (χ3v) is 5.45. The van der Waals surface area contributed by atoms with Crippen molar-refractivity contribution in [3.63, 3.8) is 0 Å². The summed E-state index contributed by atoms with van der Waals surface area (Å²) < 4.78 is 7.13. The van der Waals surface area contributed by atoms with Crippen LogP contribution in [0.4, 0.5) is 0 Å². The van der Waals surface area contributed by atoms with Gasteiger partial charge in [0, 0.05) is 11.3 Å². The van der Waals surface area contributed by atoms with Crippen LogP contribution >= 0.6 is 11.3 Å². The molecule has 0 aliphatic heterocycles. The number of aromatic nitrogens is 3. The van der Waals surface area contributed by atoms with E-state index < -0.39 is 11.7 Å². The molecule has 0 aliphatic rings. The molecule has 26 heavy (non-hydrogen) atoms. The highest BCUT2D eigenvalue weighted by Gasteiger charge is 2.23. The highest BCUT2D eigenvalue weighted by Crippen LogP contribution is 2.33. The number of carbonyl (C=O) groups is 1. The van der Waals surface area contributed by atoms with E-state index in [9.17, 15) is 14.7 Å². The molecule has 0 saturated heterocycles. The van der Waals surface area contributed by atoms with Crippen molar-refractivity contribution in [2.24, 2.45) is 0 Å². The van der Waals surface area contributed by atoms with Gasteiger partial charge in [-0.15, -0.1) is 0 Å². The van der Waals surface area contributed by atoms with E-state index in [0.717, 1.165) is 29.1 Å². The molecule has 1 aromatic carbocycles. The fraction of sp³-hybridized carbons (Fsp3) is 0.278. The van der Waals surface area contributed by atoms with Crippen LogP contribution in [0, 0.1) is 0 Å². The smallest absolute Gasteiger partial charge is 0.417 e. The number of aromatic amines is 1. The van der Waals surface area contributed by atoms with Crippen LogP contribution < -0.4 is 5.76 Å². The lowest BCUT2D eigenvalue weighted by Gasteiger charge is -2.06. The molecular weight excluding hydrogens is 354 g/mol. The molecule has 8 heteroatoms. The molecule has 0 spiro atoms. The number of hydrogen-bond acceptors (Lipinski definition) is 5. The summed E-state index contributed by atoms with van der Waals surface area (Å²) in [5, 5.41) is 9.51. The maximum Gasteiger partial charge on any atom is 0.417 e. The summed E-state index contributed by atoms with van der Waals surface area (Å²) in [5.41, 5.74) is 4.50. The van der Waals surface area contributed by atoms with Crippen LogP contribution in [0.25, 0.3) is 27.3 Å². The summed E-state index contributed by atoms with van der Waals surface area (Å²) in [6.07, 6.45) is 2.23. The average molecular weight is 371 g/mol. The Morgan fingerprint density at radius 2 is 2.15 bits per heavy atom. The number of H-pyrrole nitrogens is 1. The molecule has 2 N–H and O–H groups in total. The van der Waals surface area contributed by atoms with Gasteiger partial charge in [-0.25, -0.2) is 14.6 Å². The molecule has 0 amide bonds. The molecule has 0 bridgehead atoms. The fourth-order valence-corrected chi connectivity index (χ4v) is 4.34. The van der Waals surface area contributed by atoms with Crippen LogP contribution in [-0.2, 0) is 12.8 Å². The third-order valence-electron chi connectivity index (χ3n) is 4.38. The molecular formula is C18H17N3O4S. The first kappa shape index (κ1) is 16.6. The minimum atomic E-state index is -0.914. The van der Waals surface area contributed by atoms with Crippen molar-refractivity contribution < 1.29 is 14.3 Å². The minimum Gasteiger partial charge on any atom is -0.477 e. The summed E-state index contributed by atoms with van der Waals surface area (Å²) in [6.45, 7) is 4.05. The molecule has 3 heterocycles. The Morgan fingerprint density at radius 3 is 2.85 bits per heavy atom. The number of hydrogen-bond donors (Lipinski definition) is 2. The van der Waals surface area contributed by atoms with Gasteiger partial charge in [-0.2, -0.15) is 0 Å². The number of nitrogens with one attached hydrogen (secondary N) is 1. The Morgan fingerprint density at radius 1 is 1.35 bits per heavy atom. The Balaban J connectivity index is 1.97. The summed E-state index contributed by atoms with van der Waals surface area (Å²) in [5.74, 6) is -1.40. The van der Waals surface area contributed by atoms with Gasteiger partial charge in [0.2, 0.25) is 0 Å². The SMILES string of the molecule is CCCc1c(C(=O)O)sc2nc(-c3ccc4[nH]c(=O)oc4c3)c(CC)n12. The number of benzene rings is 1. The predicted molar refractivity (Wildman–Crippen MR) is 99.2 cm³/mol. The minimum absolute atomic E-state index is 0.350. The molecule has 134 valence electrons. The van der Waals surface area contributed by atoms with Crippen LogP contribution in [0.15, 0.2) is 27.4 Å². The third kappa shape index (κ3) is 2.45. The van der Waals surface area contributed by atoms with Crippen LogP contribution in [-0.4, -0.2) is 25.4 Å². The maximum atomic E-state index is 11.6. The van der Waals surface area contributed by atoms with E-state index in [1.54, 1.807) is 12.1 Å². The van der Waals surface area contributed by atoms with Crippen molar-refractivity contribution in [1.29, 1.82) is 0 Å². The first-order valence-electron chi connectivity index (χ1n) is 8.43. The molecule has 4 rings (SSSR count). The van der Waals surface area contributed by atoms with Gasteiger partial charge in [0.1, 0.15) is 4.88 Å². The van der Waals surface area contributed by atoms with Gasteiger partial charge in [-0.3, -0.25) is 9.38 Å². The number of aryl methyl sites for hydroxylation is 2. The molecule has 0 fully saturated rings. The summed E-state index contributed by atoms with van der Waals surface area (Å²) in [4.78, 5) is 31.3. The largest absolute Gasteiger partial charge is 0.477 e. The van der Waals surface area contributed by atoms with Crippen molar-refractivity contribution in [2.45, 2.75) is 33.1 Å². The quantitative estimate of drug-likeness (QED) is 0.557. The summed E-state index contributed by atoms with van der Waals surface area (Å²) >= 11 is 1.20. The number of rotatable bonds is 5. The van der Waals surface area contributed by atoms with Crippen molar-refractivity contribution in [3.05, 3.63) is 45.0 Å². The van der Waals surface area contributed by atoms with Gasteiger partial charge in [0.05, 0.1) is 16.9 Å². The summed E-state index contributed by atoms with van der Waals surface area (Å²) in [6, 6.07) is 5.46. The Kier molecular flexibility index (Phi) is 3.91. The van der Waals surface area contributed by atoms with Gasteiger partial charge in [0.15, 0.2) is 10.5 Å². The maximum absolute atomic E-state index is 11.6. The van der Waals surface area contributed by atoms with Crippen LogP contribution in [0.1, 0.15) is 41.3 Å².